The van der Waals surface area contributed by atoms with Gasteiger partial charge in [-0.1, -0.05) is 346 Å². The summed E-state index contributed by atoms with van der Waals surface area (Å²) in [6, 6.07) is 164. The first-order valence-corrected chi connectivity index (χ1v) is 41.4. The van der Waals surface area contributed by atoms with Crippen molar-refractivity contribution in [1.82, 2.24) is 0 Å². The molecule has 0 unspecified atom stereocenters. The van der Waals surface area contributed by atoms with Crippen molar-refractivity contribution in [3.05, 3.63) is 493 Å². The number of furan rings is 2. The number of para-hydroxylation sites is 2. The molecule has 0 saturated heterocycles. The molecule has 0 N–H and O–H groups in total. The van der Waals surface area contributed by atoms with E-state index in [9.17, 15) is 0 Å². The first kappa shape index (κ1) is 68.8. The molecule has 4 nitrogen and oxygen atoms in total. The average Bonchev–Trinajstić information content (AvgIpc) is 1.52. The normalized spacial score (nSPS) is 13.0. The van der Waals surface area contributed by atoms with Crippen LogP contribution >= 0.6 is 0 Å². The minimum absolute atomic E-state index is 0.488. The van der Waals surface area contributed by atoms with Crippen molar-refractivity contribution in [2.45, 2.75) is 10.8 Å². The molecule has 120 heavy (non-hydrogen) atoms. The van der Waals surface area contributed by atoms with Crippen LogP contribution in [0.4, 0.5) is 34.1 Å². The summed E-state index contributed by atoms with van der Waals surface area (Å²) in [7, 11) is 0. The molecule has 4 heteroatoms. The molecule has 2 heterocycles. The molecule has 2 aromatic heterocycles. The van der Waals surface area contributed by atoms with Gasteiger partial charge in [0.2, 0.25) is 0 Å². The maximum Gasteiger partial charge on any atom is 0.135 e. The Labute approximate surface area is 696 Å². The van der Waals surface area contributed by atoms with Crippen LogP contribution in [0.25, 0.3) is 144 Å². The first-order chi connectivity index (χ1) is 59.5. The van der Waals surface area contributed by atoms with Crippen molar-refractivity contribution in [3.63, 3.8) is 0 Å². The van der Waals surface area contributed by atoms with E-state index < -0.39 is 10.8 Å². The SMILES string of the molecule is c1ccc(-c2ccc(N(c3ccc(-c4ccc5c(c4)-c4ccccc4C54c5ccccc5-c5ccccc5-c5ccccc54)cc3)c3ccc4oc5ccccc5c4c3)cc2)cc1.c1ccc(-c2ccc(N(c3ccc4c(c3)-c3ccccc3C43c4ccccc4-c4ccccc4-c4ccccc43)c3ccc4oc5ccccc5c4c3)cc2)cc1. The minimum Gasteiger partial charge on any atom is -0.456 e. The van der Waals surface area contributed by atoms with Gasteiger partial charge in [-0.3, -0.25) is 0 Å². The number of hydrogen-bond acceptors (Lipinski definition) is 4. The Balaban J connectivity index is 0.000000137. The molecular formula is C116H74N2O2. The molecule has 0 atom stereocenters. The number of nitrogens with zero attached hydrogens (tertiary/aromatic N) is 2. The van der Waals surface area contributed by atoms with Gasteiger partial charge in [0.25, 0.3) is 0 Å². The molecule has 0 saturated carbocycles. The summed E-state index contributed by atoms with van der Waals surface area (Å²) in [5.74, 6) is 0. The highest BCUT2D eigenvalue weighted by atomic mass is 16.3. The zero-order valence-electron chi connectivity index (χ0n) is 65.4. The van der Waals surface area contributed by atoms with Gasteiger partial charge in [0, 0.05) is 55.7 Å². The number of anilines is 6. The van der Waals surface area contributed by atoms with E-state index in [2.05, 4.69) is 434 Å². The predicted octanol–water partition coefficient (Wildman–Crippen LogP) is 31.1. The van der Waals surface area contributed by atoms with Crippen molar-refractivity contribution < 1.29 is 8.83 Å². The van der Waals surface area contributed by atoms with Gasteiger partial charge in [-0.05, 0) is 248 Å². The van der Waals surface area contributed by atoms with Crippen molar-refractivity contribution in [3.8, 4) is 100 Å². The number of benzene rings is 19. The highest BCUT2D eigenvalue weighted by Crippen LogP contribution is 2.65. The summed E-state index contributed by atoms with van der Waals surface area (Å²) < 4.78 is 12.6. The van der Waals surface area contributed by atoms with Crippen molar-refractivity contribution in [2.75, 3.05) is 9.80 Å². The fourth-order valence-electron chi connectivity index (χ4n) is 20.7. The van der Waals surface area contributed by atoms with E-state index in [0.717, 1.165) is 78.0 Å². The Bertz CT molecular complexity index is 7530. The van der Waals surface area contributed by atoms with Crippen LogP contribution in [-0.2, 0) is 10.8 Å². The molecule has 0 radical (unpaired) electrons. The first-order valence-electron chi connectivity index (χ1n) is 41.4. The molecule has 21 aromatic rings. The fraction of sp³-hybridized carbons (Fsp3) is 0.0172. The highest BCUT2D eigenvalue weighted by molar-refractivity contribution is 6.09. The van der Waals surface area contributed by atoms with E-state index in [1.807, 2.05) is 24.3 Å². The third-order valence-electron chi connectivity index (χ3n) is 25.8. The second-order valence-corrected chi connectivity index (χ2v) is 32.0. The molecule has 4 aliphatic rings. The van der Waals surface area contributed by atoms with Gasteiger partial charge in [0.1, 0.15) is 22.3 Å². The molecule has 2 spiro atoms. The molecule has 19 aromatic carbocycles. The van der Waals surface area contributed by atoms with Crippen LogP contribution in [0.1, 0.15) is 44.5 Å². The Kier molecular flexibility index (Phi) is 15.8. The van der Waals surface area contributed by atoms with Crippen molar-refractivity contribution >= 4 is 78.0 Å². The van der Waals surface area contributed by atoms with Crippen LogP contribution in [0.3, 0.4) is 0 Å². The summed E-state index contributed by atoms with van der Waals surface area (Å²) in [6.07, 6.45) is 0. The smallest absolute Gasteiger partial charge is 0.135 e. The third-order valence-corrected chi connectivity index (χ3v) is 25.8. The van der Waals surface area contributed by atoms with E-state index >= 15 is 0 Å². The third kappa shape index (κ3) is 10.5. The lowest BCUT2D eigenvalue weighted by molar-refractivity contribution is 0.668. The summed E-state index contributed by atoms with van der Waals surface area (Å²) in [5, 5.41) is 4.44. The van der Waals surface area contributed by atoms with E-state index in [4.69, 9.17) is 8.83 Å². The van der Waals surface area contributed by atoms with Gasteiger partial charge < -0.3 is 18.6 Å². The molecule has 25 rings (SSSR count). The van der Waals surface area contributed by atoms with Crippen molar-refractivity contribution in [1.29, 1.82) is 0 Å². The summed E-state index contributed by atoms with van der Waals surface area (Å²) in [6.45, 7) is 0. The topological polar surface area (TPSA) is 32.8 Å². The zero-order valence-corrected chi connectivity index (χ0v) is 65.4. The van der Waals surface area contributed by atoms with Crippen molar-refractivity contribution in [2.24, 2.45) is 0 Å². The van der Waals surface area contributed by atoms with Crippen LogP contribution in [0.15, 0.2) is 458 Å². The average molecular weight is 1530 g/mol. The zero-order chi connectivity index (χ0) is 79.0. The van der Waals surface area contributed by atoms with E-state index in [1.165, 1.54) is 145 Å². The molecule has 0 bridgehead atoms. The van der Waals surface area contributed by atoms with Crippen LogP contribution in [0, 0.1) is 0 Å². The largest absolute Gasteiger partial charge is 0.456 e. The molecule has 0 amide bonds. The second kappa shape index (κ2) is 27.5. The lowest BCUT2D eigenvalue weighted by Gasteiger charge is -2.35. The number of hydrogen-bond donors (Lipinski definition) is 0. The Morgan fingerprint density at radius 3 is 0.750 bits per heavy atom. The van der Waals surface area contributed by atoms with Gasteiger partial charge in [-0.2, -0.15) is 0 Å². The van der Waals surface area contributed by atoms with Gasteiger partial charge in [-0.15, -0.1) is 0 Å². The lowest BCUT2D eigenvalue weighted by Crippen LogP contribution is -2.29. The maximum atomic E-state index is 6.30. The van der Waals surface area contributed by atoms with E-state index in [-0.39, 0.29) is 0 Å². The fourth-order valence-corrected chi connectivity index (χ4v) is 20.7. The number of fused-ring (bicyclic) bond motifs is 30. The monoisotopic (exact) mass is 1530 g/mol. The lowest BCUT2D eigenvalue weighted by atomic mass is 9.66. The van der Waals surface area contributed by atoms with Gasteiger partial charge >= 0.3 is 0 Å². The minimum atomic E-state index is -0.520. The summed E-state index contributed by atoms with van der Waals surface area (Å²) in [4.78, 5) is 4.75. The second-order valence-electron chi connectivity index (χ2n) is 32.0. The Hall–Kier alpha value is -15.6. The predicted molar refractivity (Wildman–Crippen MR) is 497 cm³/mol. The molecular weight excluding hydrogens is 1450 g/mol. The molecule has 4 aliphatic carbocycles. The molecule has 0 fully saturated rings. The van der Waals surface area contributed by atoms with Gasteiger partial charge in [0.05, 0.1) is 10.8 Å². The number of rotatable bonds is 9. The highest BCUT2D eigenvalue weighted by Gasteiger charge is 2.52. The van der Waals surface area contributed by atoms with E-state index in [0.29, 0.717) is 0 Å². The van der Waals surface area contributed by atoms with E-state index in [1.54, 1.807) is 0 Å². The Morgan fingerprint density at radius 1 is 0.142 bits per heavy atom. The summed E-state index contributed by atoms with van der Waals surface area (Å²) >= 11 is 0. The maximum absolute atomic E-state index is 6.30. The van der Waals surface area contributed by atoms with Crippen LogP contribution in [-0.4, -0.2) is 0 Å². The Morgan fingerprint density at radius 2 is 0.375 bits per heavy atom. The van der Waals surface area contributed by atoms with Crippen LogP contribution in [0.2, 0.25) is 0 Å². The molecule has 560 valence electrons. The summed E-state index contributed by atoms with van der Waals surface area (Å²) in [5.41, 5.74) is 42.0. The van der Waals surface area contributed by atoms with Crippen LogP contribution in [0.5, 0.6) is 0 Å². The molecule has 0 aliphatic heterocycles. The van der Waals surface area contributed by atoms with Crippen LogP contribution < -0.4 is 9.80 Å². The quantitative estimate of drug-likeness (QED) is 0.144. The standard InChI is InChI=1S/C61H39NO.C55H35NO/c1-2-14-40(15-3-1)41-26-31-44(32-27-41)62(46-35-37-60-54(39-46)52-21-9-13-25-59(52)63-60)45-33-28-42(29-34-45)43-30-36-58-53(38-43)51-20-8-12-24-57(51)61(58)55-22-10-6-18-49(55)47-16-4-5-17-48(47)50-19-7-11-23-56(50)61;1-2-14-36(15-3-1)37-26-28-38(29-27-37)56(40-31-33-54-48(35-40)46-21-9-13-25-53(46)57-54)39-30-32-52-47(34-39)45-20-8-12-24-51(45)55(52)49-22-10-6-18-43(49)41-16-4-5-17-42(41)44-19-7-11-23-50(44)55/h1-39H;1-35H. The van der Waals surface area contributed by atoms with Gasteiger partial charge in [-0.25, -0.2) is 0 Å². The van der Waals surface area contributed by atoms with Gasteiger partial charge in [0.15, 0.2) is 0 Å².